The van der Waals surface area contributed by atoms with Crippen molar-refractivity contribution < 1.29 is 0 Å². The van der Waals surface area contributed by atoms with Crippen molar-refractivity contribution in [3.8, 4) is 0 Å². The summed E-state index contributed by atoms with van der Waals surface area (Å²) in [5.41, 5.74) is 4.02. The minimum absolute atomic E-state index is 0.643. The van der Waals surface area contributed by atoms with Gasteiger partial charge in [-0.2, -0.15) is 0 Å². The third-order valence-electron chi connectivity index (χ3n) is 3.44. The number of guanidine groups is 1. The Kier molecular flexibility index (Phi) is 4.48. The fourth-order valence-electron chi connectivity index (χ4n) is 2.15. The Morgan fingerprint density at radius 2 is 2.22 bits per heavy atom. The van der Waals surface area contributed by atoms with E-state index in [0.717, 1.165) is 32.1 Å². The minimum atomic E-state index is 0.643. The van der Waals surface area contributed by atoms with Gasteiger partial charge in [-0.25, -0.2) is 0 Å². The number of benzene rings is 1. The van der Waals surface area contributed by atoms with Gasteiger partial charge in [0.2, 0.25) is 0 Å². The molecule has 1 aliphatic rings. The third-order valence-corrected chi connectivity index (χ3v) is 3.61. The molecule has 0 aliphatic carbocycles. The predicted octanol–water partition coefficient (Wildman–Crippen LogP) is 2.30. The molecule has 0 unspecified atom stereocenters. The van der Waals surface area contributed by atoms with Crippen LogP contribution in [0.25, 0.3) is 0 Å². The van der Waals surface area contributed by atoms with E-state index in [1.165, 1.54) is 16.7 Å². The van der Waals surface area contributed by atoms with Gasteiger partial charge >= 0.3 is 0 Å². The van der Waals surface area contributed by atoms with Gasteiger partial charge in [0.25, 0.3) is 0 Å². The number of hydrogen-bond donors (Lipinski definition) is 1. The van der Waals surface area contributed by atoms with Crippen LogP contribution in [0.1, 0.15) is 16.7 Å². The molecule has 1 aromatic carbocycles. The van der Waals surface area contributed by atoms with Crippen LogP contribution in [0.5, 0.6) is 0 Å². The molecule has 0 atom stereocenters. The quantitative estimate of drug-likeness (QED) is 0.846. The van der Waals surface area contributed by atoms with Crippen molar-refractivity contribution >= 4 is 17.6 Å². The Labute approximate surface area is 114 Å². The molecular weight excluding hydrogens is 246 g/mol. The van der Waals surface area contributed by atoms with Crippen molar-refractivity contribution in [2.45, 2.75) is 20.4 Å². The normalized spacial score (nSPS) is 14.8. The van der Waals surface area contributed by atoms with E-state index in [9.17, 15) is 0 Å². The summed E-state index contributed by atoms with van der Waals surface area (Å²) in [6.45, 7) is 7.84. The van der Waals surface area contributed by atoms with Crippen LogP contribution in [-0.2, 0) is 6.54 Å². The Bertz CT molecular complexity index is 443. The molecule has 1 aliphatic heterocycles. The van der Waals surface area contributed by atoms with Crippen molar-refractivity contribution in [2.24, 2.45) is 4.99 Å². The van der Waals surface area contributed by atoms with Gasteiger partial charge in [-0.3, -0.25) is 4.99 Å². The Morgan fingerprint density at radius 1 is 1.39 bits per heavy atom. The van der Waals surface area contributed by atoms with E-state index in [0.29, 0.717) is 5.88 Å². The van der Waals surface area contributed by atoms with Crippen molar-refractivity contribution in [3.05, 3.63) is 34.9 Å². The van der Waals surface area contributed by atoms with Crippen LogP contribution < -0.4 is 5.32 Å². The maximum atomic E-state index is 5.79. The van der Waals surface area contributed by atoms with Crippen LogP contribution in [-0.4, -0.2) is 36.4 Å². The summed E-state index contributed by atoms with van der Waals surface area (Å²) in [5, 5.41) is 3.42. The molecule has 98 valence electrons. The van der Waals surface area contributed by atoms with Gasteiger partial charge in [-0.1, -0.05) is 18.2 Å². The molecule has 18 heavy (non-hydrogen) atoms. The monoisotopic (exact) mass is 265 g/mol. The number of rotatable bonds is 4. The highest BCUT2D eigenvalue weighted by Gasteiger charge is 2.15. The molecule has 0 radical (unpaired) electrons. The van der Waals surface area contributed by atoms with E-state index in [2.05, 4.69) is 47.3 Å². The number of aliphatic imine (C=N–C) groups is 1. The maximum Gasteiger partial charge on any atom is 0.194 e. The zero-order chi connectivity index (χ0) is 13.0. The SMILES string of the molecule is Cc1cccc(CNC2=NCCN2CCCl)c1C. The van der Waals surface area contributed by atoms with Gasteiger partial charge in [0.1, 0.15) is 0 Å². The second-order valence-electron chi connectivity index (χ2n) is 4.59. The van der Waals surface area contributed by atoms with Gasteiger partial charge in [0.15, 0.2) is 5.96 Å². The molecule has 1 heterocycles. The lowest BCUT2D eigenvalue weighted by Crippen LogP contribution is -2.39. The first-order valence-corrected chi connectivity index (χ1v) is 6.90. The van der Waals surface area contributed by atoms with Crippen LogP contribution in [0.3, 0.4) is 0 Å². The Morgan fingerprint density at radius 3 is 3.00 bits per heavy atom. The molecule has 2 rings (SSSR count). The van der Waals surface area contributed by atoms with Gasteiger partial charge in [0, 0.05) is 25.5 Å². The van der Waals surface area contributed by atoms with Crippen LogP contribution in [0.4, 0.5) is 0 Å². The van der Waals surface area contributed by atoms with Crippen molar-refractivity contribution in [1.82, 2.24) is 10.2 Å². The van der Waals surface area contributed by atoms with E-state index in [-0.39, 0.29) is 0 Å². The van der Waals surface area contributed by atoms with E-state index in [4.69, 9.17) is 11.6 Å². The molecule has 1 aromatic rings. The third kappa shape index (κ3) is 2.96. The van der Waals surface area contributed by atoms with Crippen molar-refractivity contribution in [1.29, 1.82) is 0 Å². The Balaban J connectivity index is 1.97. The highest BCUT2D eigenvalue weighted by molar-refractivity contribution is 6.18. The standard InChI is InChI=1S/C14H20ClN3/c1-11-4-3-5-13(12(11)2)10-17-14-16-7-9-18(14)8-6-15/h3-5H,6-10H2,1-2H3,(H,16,17). The molecule has 0 spiro atoms. The Hall–Kier alpha value is -1.22. The van der Waals surface area contributed by atoms with Crippen LogP contribution in [0, 0.1) is 13.8 Å². The predicted molar refractivity (Wildman–Crippen MR) is 77.4 cm³/mol. The highest BCUT2D eigenvalue weighted by atomic mass is 35.5. The smallest absolute Gasteiger partial charge is 0.194 e. The second-order valence-corrected chi connectivity index (χ2v) is 4.97. The summed E-state index contributed by atoms with van der Waals surface area (Å²) in [5.74, 6) is 1.63. The first-order valence-electron chi connectivity index (χ1n) is 6.36. The average Bonchev–Trinajstić information content (AvgIpc) is 2.79. The molecule has 0 saturated carbocycles. The first-order chi connectivity index (χ1) is 8.72. The first kappa shape index (κ1) is 13.2. The zero-order valence-electron chi connectivity index (χ0n) is 11.0. The lowest BCUT2D eigenvalue weighted by molar-refractivity contribution is 0.468. The van der Waals surface area contributed by atoms with Crippen LogP contribution in [0.15, 0.2) is 23.2 Å². The van der Waals surface area contributed by atoms with Gasteiger partial charge in [-0.05, 0) is 30.5 Å². The summed E-state index contributed by atoms with van der Waals surface area (Å²) < 4.78 is 0. The number of alkyl halides is 1. The van der Waals surface area contributed by atoms with Crippen LogP contribution >= 0.6 is 11.6 Å². The molecule has 0 bridgehead atoms. The number of halogens is 1. The van der Waals surface area contributed by atoms with Crippen molar-refractivity contribution in [3.63, 3.8) is 0 Å². The summed E-state index contributed by atoms with van der Waals surface area (Å²) in [7, 11) is 0. The number of aryl methyl sites for hydroxylation is 1. The molecule has 3 nitrogen and oxygen atoms in total. The van der Waals surface area contributed by atoms with E-state index in [1.54, 1.807) is 0 Å². The van der Waals surface area contributed by atoms with Gasteiger partial charge in [0.05, 0.1) is 6.54 Å². The van der Waals surface area contributed by atoms with Crippen LogP contribution in [0.2, 0.25) is 0 Å². The molecular formula is C14H20ClN3. The minimum Gasteiger partial charge on any atom is -0.352 e. The summed E-state index contributed by atoms with van der Waals surface area (Å²) >= 11 is 5.79. The molecule has 0 aromatic heterocycles. The van der Waals surface area contributed by atoms with Gasteiger partial charge in [-0.15, -0.1) is 11.6 Å². The average molecular weight is 266 g/mol. The number of nitrogens with one attached hydrogen (secondary N) is 1. The lowest BCUT2D eigenvalue weighted by atomic mass is 10.0. The fraction of sp³-hybridized carbons (Fsp3) is 0.500. The molecule has 1 N–H and O–H groups in total. The zero-order valence-corrected chi connectivity index (χ0v) is 11.8. The maximum absolute atomic E-state index is 5.79. The van der Waals surface area contributed by atoms with E-state index in [1.807, 2.05) is 0 Å². The van der Waals surface area contributed by atoms with E-state index < -0.39 is 0 Å². The highest BCUT2D eigenvalue weighted by Crippen LogP contribution is 2.12. The largest absolute Gasteiger partial charge is 0.352 e. The molecule has 4 heteroatoms. The molecule has 0 fully saturated rings. The molecule has 0 saturated heterocycles. The summed E-state index contributed by atoms with van der Waals surface area (Å²) in [4.78, 5) is 6.68. The summed E-state index contributed by atoms with van der Waals surface area (Å²) in [6.07, 6.45) is 0. The number of nitrogens with zero attached hydrogens (tertiary/aromatic N) is 2. The topological polar surface area (TPSA) is 27.6 Å². The molecule has 0 amide bonds. The summed E-state index contributed by atoms with van der Waals surface area (Å²) in [6, 6.07) is 6.41. The fourth-order valence-corrected chi connectivity index (χ4v) is 2.35. The second kappa shape index (κ2) is 6.10. The van der Waals surface area contributed by atoms with Crippen molar-refractivity contribution in [2.75, 3.05) is 25.5 Å². The lowest BCUT2D eigenvalue weighted by Gasteiger charge is -2.20. The number of hydrogen-bond acceptors (Lipinski definition) is 3. The van der Waals surface area contributed by atoms with Gasteiger partial charge < -0.3 is 10.2 Å². The van der Waals surface area contributed by atoms with E-state index >= 15 is 0 Å².